The van der Waals surface area contributed by atoms with Crippen LogP contribution in [0.5, 0.6) is 0 Å². The minimum atomic E-state index is -0.681. The molecular formula is C39H58N8O6S5. The van der Waals surface area contributed by atoms with E-state index in [9.17, 15) is 19.2 Å². The quantitative estimate of drug-likeness (QED) is 0.120. The maximum atomic E-state index is 13.5. The monoisotopic (exact) mass is 894 g/mol. The number of nitrogens with zero attached hydrogens (tertiary/aromatic N) is 4. The fraction of sp³-hybridized carbons (Fsp3) is 0.487. The highest BCUT2D eigenvalue weighted by atomic mass is 32.1. The van der Waals surface area contributed by atoms with Crippen LogP contribution in [0.4, 0.5) is 9.59 Å². The van der Waals surface area contributed by atoms with Crippen molar-refractivity contribution in [2.75, 3.05) is 27.3 Å². The van der Waals surface area contributed by atoms with Crippen LogP contribution in [0, 0.1) is 11.8 Å². The summed E-state index contributed by atoms with van der Waals surface area (Å²) in [7, 11) is 2.58. The Morgan fingerprint density at radius 3 is 1.95 bits per heavy atom. The van der Waals surface area contributed by atoms with Gasteiger partial charge in [0.05, 0.1) is 54.1 Å². The first kappa shape index (κ1) is 50.4. The first-order valence-electron chi connectivity index (χ1n) is 18.6. The zero-order valence-corrected chi connectivity index (χ0v) is 38.5. The lowest BCUT2D eigenvalue weighted by atomic mass is 10.0. The van der Waals surface area contributed by atoms with Crippen molar-refractivity contribution in [3.63, 3.8) is 0 Å². The van der Waals surface area contributed by atoms with E-state index in [1.807, 2.05) is 49.8 Å². The van der Waals surface area contributed by atoms with Crippen LogP contribution in [0.2, 0.25) is 0 Å². The van der Waals surface area contributed by atoms with E-state index >= 15 is 0 Å². The van der Waals surface area contributed by atoms with E-state index in [-0.39, 0.29) is 89.7 Å². The van der Waals surface area contributed by atoms with Crippen LogP contribution in [0.1, 0.15) is 87.6 Å². The lowest BCUT2D eigenvalue weighted by Gasteiger charge is -2.30. The zero-order valence-electron chi connectivity index (χ0n) is 33.7. The van der Waals surface area contributed by atoms with Gasteiger partial charge < -0.3 is 39.9 Å². The molecule has 19 heteroatoms. The number of benzene rings is 1. The average Bonchev–Trinajstić information content (AvgIpc) is 4.00. The van der Waals surface area contributed by atoms with Crippen molar-refractivity contribution < 1.29 is 28.7 Å². The topological polar surface area (TPSA) is 175 Å². The molecule has 0 saturated carbocycles. The Bertz CT molecular complexity index is 2020. The van der Waals surface area contributed by atoms with Crippen molar-refractivity contribution in [3.8, 4) is 10.6 Å². The second-order valence-electron chi connectivity index (χ2n) is 14.6. The van der Waals surface area contributed by atoms with Gasteiger partial charge in [0.2, 0.25) is 11.8 Å². The number of hydrogen-bond acceptors (Lipinski definition) is 9. The van der Waals surface area contributed by atoms with E-state index in [1.165, 1.54) is 14.2 Å². The minimum absolute atomic E-state index is 0. The van der Waals surface area contributed by atoms with Crippen LogP contribution in [-0.2, 0) is 25.5 Å². The van der Waals surface area contributed by atoms with Gasteiger partial charge in [-0.25, -0.2) is 19.6 Å². The molecule has 2 fully saturated rings. The van der Waals surface area contributed by atoms with Gasteiger partial charge in [-0.1, -0.05) is 39.8 Å². The molecule has 4 amide bonds. The van der Waals surface area contributed by atoms with E-state index in [0.717, 1.165) is 75.8 Å². The number of ether oxygens (including phenoxy) is 2. The summed E-state index contributed by atoms with van der Waals surface area (Å²) in [6.07, 6.45) is 8.85. The van der Waals surface area contributed by atoms with Gasteiger partial charge in [0.1, 0.15) is 23.7 Å². The normalized spacial score (nSPS) is 17.2. The highest BCUT2D eigenvalue weighted by molar-refractivity contribution is 7.59. The molecule has 3 aromatic heterocycles. The number of carbonyl (C=O) groups excluding carboxylic acids is 4. The van der Waals surface area contributed by atoms with Gasteiger partial charge >= 0.3 is 12.2 Å². The molecule has 58 heavy (non-hydrogen) atoms. The zero-order chi connectivity index (χ0) is 38.5. The second-order valence-corrected chi connectivity index (χ2v) is 15.7. The maximum Gasteiger partial charge on any atom is 0.407 e. The summed E-state index contributed by atoms with van der Waals surface area (Å²) < 4.78 is 9.51. The van der Waals surface area contributed by atoms with E-state index in [1.54, 1.807) is 11.3 Å². The Morgan fingerprint density at radius 2 is 1.40 bits per heavy atom. The highest BCUT2D eigenvalue weighted by Crippen LogP contribution is 2.35. The third-order valence-electron chi connectivity index (χ3n) is 10.2. The number of aromatic nitrogens is 4. The van der Waals surface area contributed by atoms with Crippen LogP contribution in [0.3, 0.4) is 0 Å². The SMILES string of the molecule is COC(=O)N[C@H](C(=O)N1CCC[C@H]1c1ncc(-c2ccc(C=CCc3ccc4nc([C@@H]5CCCN5C(=O)[C@@H](NC(=O)OC)C(C)C)[nH]c4c3)s2)[nH]1)C(C)C.S.S.S.S. The smallest absolute Gasteiger partial charge is 0.407 e. The molecule has 2 saturated heterocycles. The van der Waals surface area contributed by atoms with E-state index in [4.69, 9.17) is 14.5 Å². The van der Waals surface area contributed by atoms with Crippen LogP contribution in [0.25, 0.3) is 27.7 Å². The molecule has 0 aliphatic carbocycles. The summed E-state index contributed by atoms with van der Waals surface area (Å²) in [5.74, 6) is 1.02. The van der Waals surface area contributed by atoms with Crippen molar-refractivity contribution >= 4 is 106 Å². The molecule has 5 heterocycles. The van der Waals surface area contributed by atoms with Crippen molar-refractivity contribution in [1.82, 2.24) is 40.4 Å². The fourth-order valence-electron chi connectivity index (χ4n) is 7.28. The van der Waals surface area contributed by atoms with Gasteiger partial charge in [-0.2, -0.15) is 54.0 Å². The molecule has 0 radical (unpaired) electrons. The predicted octanol–water partition coefficient (Wildman–Crippen LogP) is 6.81. The number of rotatable bonds is 12. The number of allylic oxidation sites excluding steroid dienone is 1. The highest BCUT2D eigenvalue weighted by Gasteiger charge is 2.39. The number of thiophene rings is 1. The third-order valence-corrected chi connectivity index (χ3v) is 11.3. The number of hydrogen-bond donors (Lipinski definition) is 4. The first-order chi connectivity index (χ1) is 26.0. The van der Waals surface area contributed by atoms with Crippen LogP contribution >= 0.6 is 65.3 Å². The van der Waals surface area contributed by atoms with Gasteiger partial charge in [-0.05, 0) is 79.8 Å². The van der Waals surface area contributed by atoms with Crippen LogP contribution in [-0.4, -0.2) is 93.1 Å². The van der Waals surface area contributed by atoms with Gasteiger partial charge in [0.15, 0.2) is 0 Å². The summed E-state index contributed by atoms with van der Waals surface area (Å²) in [6.45, 7) is 8.82. The summed E-state index contributed by atoms with van der Waals surface area (Å²) in [6, 6.07) is 8.58. The van der Waals surface area contributed by atoms with E-state index in [0.29, 0.717) is 13.1 Å². The van der Waals surface area contributed by atoms with E-state index < -0.39 is 24.3 Å². The van der Waals surface area contributed by atoms with Gasteiger partial charge in [0.25, 0.3) is 0 Å². The molecule has 320 valence electrons. The van der Waals surface area contributed by atoms with E-state index in [2.05, 4.69) is 62.0 Å². The number of aromatic amines is 2. The molecule has 2 aliphatic heterocycles. The molecule has 0 spiro atoms. The van der Waals surface area contributed by atoms with Crippen LogP contribution < -0.4 is 10.6 Å². The summed E-state index contributed by atoms with van der Waals surface area (Å²) in [5.41, 5.74) is 3.78. The number of methoxy groups -OCH3 is 2. The number of likely N-dealkylation sites (tertiary alicyclic amines) is 2. The molecule has 2 aliphatic rings. The summed E-state index contributed by atoms with van der Waals surface area (Å²) >= 11 is 1.65. The number of carbonyl (C=O) groups is 4. The standard InChI is InChI=1S/C39H50N8O6S.4H2S/c1-22(2)32(44-38(50)52-5)36(48)46-18-8-12-29(46)34-40-21-28(43-34)31-17-15-25(54-31)11-7-10-24-14-16-26-27(20-24)42-35(41-26)30-13-9-19-47(30)37(49)33(23(3)4)45-39(51)53-6;;;;/h7,11,14-17,20-23,29-30,32-33H,8-10,12-13,18-19H2,1-6H3,(H,40,43)(H,41,42)(H,44,50)(H,45,51);4*1H2/t29-,30-,32-,33-;;;;/m0..../s1. The van der Waals surface area contributed by atoms with Gasteiger partial charge in [-0.15, -0.1) is 11.3 Å². The third kappa shape index (κ3) is 11.5. The first-order valence-corrected chi connectivity index (χ1v) is 19.4. The lowest BCUT2D eigenvalue weighted by Crippen LogP contribution is -2.51. The second kappa shape index (κ2) is 22.6. The van der Waals surface area contributed by atoms with Crippen molar-refractivity contribution in [2.24, 2.45) is 11.8 Å². The Balaban J connectivity index is 0.00000290. The largest absolute Gasteiger partial charge is 0.453 e. The van der Waals surface area contributed by atoms with Crippen molar-refractivity contribution in [1.29, 1.82) is 0 Å². The van der Waals surface area contributed by atoms with Gasteiger partial charge in [-0.3, -0.25) is 9.59 Å². The van der Waals surface area contributed by atoms with Crippen molar-refractivity contribution in [2.45, 2.75) is 84.0 Å². The lowest BCUT2D eigenvalue weighted by molar-refractivity contribution is -0.136. The molecule has 4 N–H and O–H groups in total. The average molecular weight is 895 g/mol. The van der Waals surface area contributed by atoms with Crippen molar-refractivity contribution in [3.05, 3.63) is 64.7 Å². The molecule has 4 aromatic rings. The number of alkyl carbamates (subject to hydrolysis) is 2. The fourth-order valence-corrected chi connectivity index (χ4v) is 8.18. The summed E-state index contributed by atoms with van der Waals surface area (Å²) in [5, 5.41) is 5.39. The molecule has 4 atom stereocenters. The Hall–Kier alpha value is -3.78. The molecule has 6 rings (SSSR count). The maximum absolute atomic E-state index is 13.5. The molecular weight excluding hydrogens is 837 g/mol. The Morgan fingerprint density at radius 1 is 0.828 bits per heavy atom. The predicted molar refractivity (Wildman–Crippen MR) is 248 cm³/mol. The molecule has 0 unspecified atom stereocenters. The Labute approximate surface area is 371 Å². The summed E-state index contributed by atoms with van der Waals surface area (Å²) in [4.78, 5) is 73.1. The number of nitrogens with one attached hydrogen (secondary N) is 4. The number of imidazole rings is 2. The molecule has 14 nitrogen and oxygen atoms in total. The molecule has 1 aromatic carbocycles. The molecule has 0 bridgehead atoms. The minimum Gasteiger partial charge on any atom is -0.453 e. The number of H-pyrrole nitrogens is 2. The Kier molecular flexibility index (Phi) is 19.6. The van der Waals surface area contributed by atoms with Crippen LogP contribution in [0.15, 0.2) is 42.6 Å². The number of fused-ring (bicyclic) bond motifs is 1. The number of amides is 4. The van der Waals surface area contributed by atoms with Gasteiger partial charge in [0, 0.05) is 18.0 Å².